The number of fused-ring (bicyclic) bond motifs is 1. The highest BCUT2D eigenvalue weighted by molar-refractivity contribution is 7.91. The van der Waals surface area contributed by atoms with E-state index in [2.05, 4.69) is 9.88 Å². The molecule has 1 N–H and O–H groups in total. The van der Waals surface area contributed by atoms with Crippen LogP contribution in [0.25, 0.3) is 16.7 Å². The molecule has 0 unspecified atom stereocenters. The van der Waals surface area contributed by atoms with Crippen molar-refractivity contribution in [2.75, 3.05) is 30.5 Å². The molecule has 5 rings (SSSR count). The average molecular weight is 532 g/mol. The van der Waals surface area contributed by atoms with Gasteiger partial charge in [-0.15, -0.1) is 0 Å². The molecule has 10 nitrogen and oxygen atoms in total. The summed E-state index contributed by atoms with van der Waals surface area (Å²) in [5.74, 6) is -0.556. The van der Waals surface area contributed by atoms with Gasteiger partial charge >= 0.3 is 0 Å². The quantitative estimate of drug-likeness (QED) is 0.513. The van der Waals surface area contributed by atoms with Gasteiger partial charge in [-0.1, -0.05) is 24.6 Å². The number of nitrogens with zero attached hydrogens (tertiary/aromatic N) is 4. The number of carbonyl (C=O) groups is 1. The minimum absolute atomic E-state index is 0.0367. The van der Waals surface area contributed by atoms with Gasteiger partial charge in [-0.25, -0.2) is 31.2 Å². The molecule has 12 heteroatoms. The highest BCUT2D eigenvalue weighted by atomic mass is 32.2. The van der Waals surface area contributed by atoms with Crippen molar-refractivity contribution in [1.29, 1.82) is 0 Å². The number of sulfone groups is 1. The molecule has 1 aromatic carbocycles. The van der Waals surface area contributed by atoms with Gasteiger partial charge in [-0.05, 0) is 43.9 Å². The Bertz CT molecular complexity index is 1520. The molecule has 3 heterocycles. The van der Waals surface area contributed by atoms with Crippen molar-refractivity contribution in [3.05, 3.63) is 47.8 Å². The Kier molecular flexibility index (Phi) is 6.27. The predicted octanol–water partition coefficient (Wildman–Crippen LogP) is 2.39. The van der Waals surface area contributed by atoms with Crippen molar-refractivity contribution in [3.8, 4) is 5.69 Å². The number of piperidine rings is 1. The van der Waals surface area contributed by atoms with Crippen LogP contribution >= 0.6 is 0 Å². The second-order valence-electron chi connectivity index (χ2n) is 9.70. The molecule has 192 valence electrons. The first kappa shape index (κ1) is 24.7. The van der Waals surface area contributed by atoms with E-state index in [1.54, 1.807) is 10.7 Å². The standard InChI is InChI=1S/C24H29N5O5S2/c1-35(31,32)18-11-13-28(14-12-18)20-15-19(24(30)27-36(2,33)34)25-23-21(20)22(16-7-6-8-16)26-29(23)17-9-4-3-5-10-17/h3-5,9-10,15-16,18H,6-8,11-14H2,1-2H3,(H,27,30). The first-order valence-electron chi connectivity index (χ1n) is 12.0. The van der Waals surface area contributed by atoms with Crippen LogP contribution in [0, 0.1) is 0 Å². The smallest absolute Gasteiger partial charge is 0.283 e. The number of carbonyl (C=O) groups excluding carboxylic acids is 1. The summed E-state index contributed by atoms with van der Waals surface area (Å²) in [7, 11) is -6.94. The van der Waals surface area contributed by atoms with Crippen LogP contribution in [0.2, 0.25) is 0 Å². The molecular formula is C24H29N5O5S2. The van der Waals surface area contributed by atoms with E-state index >= 15 is 0 Å². The van der Waals surface area contributed by atoms with Gasteiger partial charge in [0.2, 0.25) is 10.0 Å². The molecule has 1 aliphatic heterocycles. The van der Waals surface area contributed by atoms with E-state index in [1.807, 2.05) is 35.1 Å². The molecule has 1 aliphatic carbocycles. The number of hydrogen-bond donors (Lipinski definition) is 1. The second kappa shape index (κ2) is 9.15. The maximum absolute atomic E-state index is 12.9. The topological polar surface area (TPSA) is 131 Å². The number of amides is 1. The Labute approximate surface area is 210 Å². The molecule has 1 saturated heterocycles. The van der Waals surface area contributed by atoms with E-state index in [4.69, 9.17) is 5.10 Å². The summed E-state index contributed by atoms with van der Waals surface area (Å²) < 4.78 is 51.5. The number of sulfonamides is 1. The minimum Gasteiger partial charge on any atom is -0.371 e. The van der Waals surface area contributed by atoms with Gasteiger partial charge in [0.25, 0.3) is 5.91 Å². The van der Waals surface area contributed by atoms with Gasteiger partial charge < -0.3 is 4.90 Å². The zero-order valence-corrected chi connectivity index (χ0v) is 21.8. The van der Waals surface area contributed by atoms with E-state index in [0.717, 1.165) is 48.0 Å². The van der Waals surface area contributed by atoms with Crippen molar-refractivity contribution in [2.24, 2.45) is 0 Å². The fraction of sp³-hybridized carbons (Fsp3) is 0.458. The molecule has 3 aromatic rings. The summed E-state index contributed by atoms with van der Waals surface area (Å²) >= 11 is 0. The van der Waals surface area contributed by atoms with Crippen LogP contribution < -0.4 is 9.62 Å². The van der Waals surface area contributed by atoms with Gasteiger partial charge in [0.05, 0.1) is 34.0 Å². The van der Waals surface area contributed by atoms with Crippen LogP contribution in [-0.4, -0.2) is 68.4 Å². The largest absolute Gasteiger partial charge is 0.371 e. The lowest BCUT2D eigenvalue weighted by Crippen LogP contribution is -2.39. The van der Waals surface area contributed by atoms with Crippen molar-refractivity contribution in [3.63, 3.8) is 0 Å². The molecule has 1 amide bonds. The summed E-state index contributed by atoms with van der Waals surface area (Å²) in [6, 6.07) is 11.1. The fourth-order valence-electron chi connectivity index (χ4n) is 4.95. The fourth-order valence-corrected chi connectivity index (χ4v) is 6.46. The van der Waals surface area contributed by atoms with Gasteiger partial charge in [0.15, 0.2) is 5.65 Å². The van der Waals surface area contributed by atoms with Crippen LogP contribution in [0.15, 0.2) is 36.4 Å². The van der Waals surface area contributed by atoms with Gasteiger partial charge in [-0.2, -0.15) is 5.10 Å². The summed E-state index contributed by atoms with van der Waals surface area (Å²) in [5, 5.41) is 5.37. The molecular weight excluding hydrogens is 502 g/mol. The lowest BCUT2D eigenvalue weighted by atomic mass is 9.82. The van der Waals surface area contributed by atoms with Crippen LogP contribution in [0.5, 0.6) is 0 Å². The Morgan fingerprint density at radius 1 is 1.00 bits per heavy atom. The number of para-hydroxylation sites is 1. The maximum atomic E-state index is 12.9. The lowest BCUT2D eigenvalue weighted by Gasteiger charge is -2.34. The zero-order valence-electron chi connectivity index (χ0n) is 20.2. The van der Waals surface area contributed by atoms with Crippen LogP contribution in [-0.2, 0) is 19.9 Å². The van der Waals surface area contributed by atoms with Crippen LogP contribution in [0.3, 0.4) is 0 Å². The number of aromatic nitrogens is 3. The second-order valence-corrected chi connectivity index (χ2v) is 13.8. The third-order valence-corrected chi connectivity index (χ3v) is 9.27. The Balaban J connectivity index is 1.69. The van der Waals surface area contributed by atoms with E-state index in [1.165, 1.54) is 6.26 Å². The van der Waals surface area contributed by atoms with E-state index < -0.39 is 31.0 Å². The normalized spacial score (nSPS) is 17.8. The summed E-state index contributed by atoms with van der Waals surface area (Å²) in [4.78, 5) is 19.6. The average Bonchev–Trinajstić information content (AvgIpc) is 3.15. The van der Waals surface area contributed by atoms with E-state index in [0.29, 0.717) is 31.6 Å². The summed E-state index contributed by atoms with van der Waals surface area (Å²) in [6.45, 7) is 0.981. The third-order valence-electron chi connectivity index (χ3n) is 7.04. The molecule has 0 bridgehead atoms. The monoisotopic (exact) mass is 531 g/mol. The molecule has 2 aliphatic rings. The number of nitrogens with one attached hydrogen (secondary N) is 1. The Morgan fingerprint density at radius 2 is 1.67 bits per heavy atom. The van der Waals surface area contributed by atoms with Crippen molar-refractivity contribution >= 4 is 42.5 Å². The van der Waals surface area contributed by atoms with E-state index in [9.17, 15) is 21.6 Å². The molecule has 0 atom stereocenters. The van der Waals surface area contributed by atoms with Crippen LogP contribution in [0.4, 0.5) is 5.69 Å². The van der Waals surface area contributed by atoms with Gasteiger partial charge in [0.1, 0.15) is 15.5 Å². The Morgan fingerprint density at radius 3 is 2.22 bits per heavy atom. The maximum Gasteiger partial charge on any atom is 0.283 e. The lowest BCUT2D eigenvalue weighted by molar-refractivity contribution is 0.0977. The first-order valence-corrected chi connectivity index (χ1v) is 15.8. The van der Waals surface area contributed by atoms with E-state index in [-0.39, 0.29) is 11.6 Å². The van der Waals surface area contributed by atoms with Gasteiger partial charge in [-0.3, -0.25) is 4.79 Å². The third kappa shape index (κ3) is 4.83. The van der Waals surface area contributed by atoms with Crippen LogP contribution in [0.1, 0.15) is 54.2 Å². The molecule has 2 fully saturated rings. The first-order chi connectivity index (χ1) is 17.0. The molecule has 36 heavy (non-hydrogen) atoms. The molecule has 1 saturated carbocycles. The molecule has 0 radical (unpaired) electrons. The minimum atomic E-state index is -3.79. The molecule has 0 spiro atoms. The highest BCUT2D eigenvalue weighted by Crippen LogP contribution is 2.43. The van der Waals surface area contributed by atoms with Crippen molar-refractivity contribution in [1.82, 2.24) is 19.5 Å². The van der Waals surface area contributed by atoms with Crippen molar-refractivity contribution < 1.29 is 21.6 Å². The Hall–Kier alpha value is -2.99. The zero-order chi connectivity index (χ0) is 25.7. The summed E-state index contributed by atoms with van der Waals surface area (Å²) in [6.07, 6.45) is 6.26. The number of hydrogen-bond acceptors (Lipinski definition) is 8. The highest BCUT2D eigenvalue weighted by Gasteiger charge is 2.33. The number of benzene rings is 1. The molecule has 2 aromatic heterocycles. The van der Waals surface area contributed by atoms with Crippen molar-refractivity contribution in [2.45, 2.75) is 43.3 Å². The predicted molar refractivity (Wildman–Crippen MR) is 138 cm³/mol. The number of pyridine rings is 1. The van der Waals surface area contributed by atoms with Gasteiger partial charge in [0, 0.05) is 25.3 Å². The SMILES string of the molecule is CS(=O)(=O)NC(=O)c1cc(N2CCC(S(C)(=O)=O)CC2)c2c(C3CCC3)nn(-c3ccccc3)c2n1. The summed E-state index contributed by atoms with van der Waals surface area (Å²) in [5.41, 5.74) is 2.86. The number of anilines is 1. The number of rotatable bonds is 6.